The molecule has 8 heteroatoms. The molecule has 2 aromatic heterocycles. The van der Waals surface area contributed by atoms with Crippen LogP contribution in [-0.2, 0) is 16.1 Å². The number of anilines is 1. The number of thiophene rings is 1. The van der Waals surface area contributed by atoms with Gasteiger partial charge in [0.05, 0.1) is 32.4 Å². The molecular weight excluding hydrogens is 510 g/mol. The molecule has 0 spiro atoms. The number of carbonyl (C=O) groups is 2. The minimum absolute atomic E-state index is 0.0455. The van der Waals surface area contributed by atoms with E-state index in [1.54, 1.807) is 22.7 Å². The molecule has 3 aromatic rings. The first-order valence-corrected chi connectivity index (χ1v) is 13.9. The Labute approximate surface area is 226 Å². The van der Waals surface area contributed by atoms with E-state index in [-0.39, 0.29) is 17.2 Å². The summed E-state index contributed by atoms with van der Waals surface area (Å²) in [5.41, 5.74) is 3.33. The molecule has 0 unspecified atom stereocenters. The van der Waals surface area contributed by atoms with Crippen LogP contribution in [0, 0.1) is 12.3 Å². The second kappa shape index (κ2) is 12.5. The van der Waals surface area contributed by atoms with Crippen LogP contribution in [0.15, 0.2) is 66.6 Å². The topological polar surface area (TPSA) is 71.1 Å². The summed E-state index contributed by atoms with van der Waals surface area (Å²) in [6.07, 6.45) is 6.75. The van der Waals surface area contributed by atoms with E-state index >= 15 is 0 Å². The molecule has 3 aliphatic rings. The minimum Gasteiger partial charge on any atom is -0.347 e. The van der Waals surface area contributed by atoms with Crippen LogP contribution >= 0.6 is 34.3 Å². The Morgan fingerprint density at radius 1 is 1.22 bits per heavy atom. The van der Waals surface area contributed by atoms with Gasteiger partial charge in [-0.3, -0.25) is 9.59 Å². The first-order chi connectivity index (χ1) is 17.3. The smallest absolute Gasteiger partial charge is 0.246 e. The number of thiazole rings is 1. The number of nitrogens with one attached hydrogen (secondary N) is 2. The van der Waals surface area contributed by atoms with E-state index in [0.717, 1.165) is 45.8 Å². The summed E-state index contributed by atoms with van der Waals surface area (Å²) in [5, 5.41) is 9.36. The Bertz CT molecular complexity index is 1270. The molecule has 1 aromatic carbocycles. The third kappa shape index (κ3) is 6.33. The van der Waals surface area contributed by atoms with E-state index < -0.39 is 0 Å². The highest BCUT2D eigenvalue weighted by molar-refractivity contribution is 7.18. The lowest BCUT2D eigenvalue weighted by Crippen LogP contribution is -2.45. The summed E-state index contributed by atoms with van der Waals surface area (Å²) >= 11 is 9.67. The van der Waals surface area contributed by atoms with Gasteiger partial charge < -0.3 is 10.6 Å². The van der Waals surface area contributed by atoms with Gasteiger partial charge in [-0.25, -0.2) is 4.98 Å². The number of benzene rings is 1. The van der Waals surface area contributed by atoms with Crippen LogP contribution in [0.3, 0.4) is 0 Å². The van der Waals surface area contributed by atoms with Crippen LogP contribution < -0.4 is 10.6 Å². The molecule has 5 nitrogen and oxygen atoms in total. The molecule has 36 heavy (non-hydrogen) atoms. The Hall–Kier alpha value is -2.74. The minimum atomic E-state index is -0.194. The highest BCUT2D eigenvalue weighted by atomic mass is 35.5. The van der Waals surface area contributed by atoms with Crippen molar-refractivity contribution >= 4 is 62.0 Å². The lowest BCUT2D eigenvalue weighted by Gasteiger charge is -2.45. The van der Waals surface area contributed by atoms with Crippen LogP contribution in [0.5, 0.6) is 0 Å². The average molecular weight is 542 g/mol. The van der Waals surface area contributed by atoms with Gasteiger partial charge in [0.15, 0.2) is 0 Å². The van der Waals surface area contributed by atoms with Gasteiger partial charge in [0.2, 0.25) is 11.8 Å². The van der Waals surface area contributed by atoms with Crippen molar-refractivity contribution in [1.82, 2.24) is 10.3 Å². The summed E-state index contributed by atoms with van der Waals surface area (Å²) < 4.78 is 1.06. The van der Waals surface area contributed by atoms with Crippen LogP contribution in [0.1, 0.15) is 48.9 Å². The molecule has 0 aliphatic heterocycles. The summed E-state index contributed by atoms with van der Waals surface area (Å²) in [7, 11) is 0. The average Bonchev–Trinajstić information content (AvgIpc) is 3.54. The zero-order valence-corrected chi connectivity index (χ0v) is 23.2. The fraction of sp³-hybridized carbons (Fsp3) is 0.321. The molecule has 6 rings (SSSR count). The van der Waals surface area contributed by atoms with Gasteiger partial charge in [-0.05, 0) is 62.6 Å². The number of aryl methyl sites for hydroxylation is 1. The van der Waals surface area contributed by atoms with E-state index in [1.165, 1.54) is 5.57 Å². The molecule has 0 atom stereocenters. The van der Waals surface area contributed by atoms with Crippen molar-refractivity contribution in [3.05, 3.63) is 81.5 Å². The Balaban J connectivity index is 0.000000208. The first-order valence-electron chi connectivity index (χ1n) is 11.8. The number of nitrogens with zero attached hydrogens (tertiary/aromatic N) is 1. The second-order valence-corrected chi connectivity index (χ2v) is 11.4. The third-order valence-electron chi connectivity index (χ3n) is 6.27. The Kier molecular flexibility index (Phi) is 9.65. The number of carbonyl (C=O) groups excluding carboxylic acids is 2. The maximum Gasteiger partial charge on any atom is 0.246 e. The van der Waals surface area contributed by atoms with Crippen LogP contribution in [0.25, 0.3) is 10.2 Å². The standard InChI is InChI=1S/C16H15ClN2OS.C10H13NOS.C2H4/c1-9-18-14-12(21-9)5-4-11(13(14)17)19-15(20)16-6-2-3-10(7-16)8-16;1-3-8(2)10(12)11-7-9-5-4-6-13-9;1-2/h3-5H,2,6-8H2,1H3,(H,19,20);4-6H,2-3,7H2,1H3,(H,11,12);1-2H2. The third-order valence-corrected chi connectivity index (χ3v) is 8.47. The highest BCUT2D eigenvalue weighted by Crippen LogP contribution is 2.53. The summed E-state index contributed by atoms with van der Waals surface area (Å²) in [4.78, 5) is 29.5. The molecule has 0 radical (unpaired) electrons. The van der Waals surface area contributed by atoms with Crippen molar-refractivity contribution in [3.8, 4) is 0 Å². The number of hydrogen-bond acceptors (Lipinski definition) is 5. The van der Waals surface area contributed by atoms with E-state index in [4.69, 9.17) is 11.6 Å². The lowest BCUT2D eigenvalue weighted by molar-refractivity contribution is -0.128. The number of amides is 2. The molecule has 190 valence electrons. The lowest BCUT2D eigenvalue weighted by atomic mass is 9.59. The molecular formula is C28H32ClN3O2S2. The summed E-state index contributed by atoms with van der Waals surface area (Å²) in [6.45, 7) is 14.2. The number of aromatic nitrogens is 1. The van der Waals surface area contributed by atoms with E-state index in [2.05, 4.69) is 41.4 Å². The maximum atomic E-state index is 12.6. The fourth-order valence-corrected chi connectivity index (χ4v) is 6.05. The number of fused-ring (bicyclic) bond motifs is 3. The second-order valence-electron chi connectivity index (χ2n) is 8.71. The first kappa shape index (κ1) is 27.8. The van der Waals surface area contributed by atoms with Crippen LogP contribution in [0.4, 0.5) is 5.69 Å². The number of allylic oxidation sites excluding steroid dienone is 2. The van der Waals surface area contributed by atoms with E-state index in [0.29, 0.717) is 29.2 Å². The van der Waals surface area contributed by atoms with Crippen molar-refractivity contribution in [3.63, 3.8) is 0 Å². The molecule has 3 aliphatic carbocycles. The van der Waals surface area contributed by atoms with Crippen molar-refractivity contribution in [2.24, 2.45) is 5.41 Å². The van der Waals surface area contributed by atoms with Crippen molar-refractivity contribution in [1.29, 1.82) is 0 Å². The molecule has 0 saturated heterocycles. The van der Waals surface area contributed by atoms with Crippen LogP contribution in [-0.4, -0.2) is 16.8 Å². The highest BCUT2D eigenvalue weighted by Gasteiger charge is 2.48. The van der Waals surface area contributed by atoms with Gasteiger partial charge in [-0.1, -0.05) is 42.8 Å². The van der Waals surface area contributed by atoms with Gasteiger partial charge >= 0.3 is 0 Å². The van der Waals surface area contributed by atoms with Crippen molar-refractivity contribution in [2.75, 3.05) is 5.32 Å². The zero-order valence-electron chi connectivity index (χ0n) is 20.8. The van der Waals surface area contributed by atoms with Gasteiger partial charge in [0.25, 0.3) is 0 Å². The van der Waals surface area contributed by atoms with Gasteiger partial charge in [-0.15, -0.1) is 35.8 Å². The quantitative estimate of drug-likeness (QED) is 0.247. The van der Waals surface area contributed by atoms with Gasteiger partial charge in [-0.2, -0.15) is 0 Å². The number of rotatable bonds is 6. The molecule has 2 amide bonds. The van der Waals surface area contributed by atoms with Crippen molar-refractivity contribution < 1.29 is 9.59 Å². The largest absolute Gasteiger partial charge is 0.347 e. The van der Waals surface area contributed by atoms with Gasteiger partial charge in [0, 0.05) is 10.5 Å². The number of hydrogen-bond donors (Lipinski definition) is 2. The molecule has 2 bridgehead atoms. The molecule has 1 saturated carbocycles. The predicted molar refractivity (Wildman–Crippen MR) is 154 cm³/mol. The summed E-state index contributed by atoms with van der Waals surface area (Å²) in [5.74, 6) is 0.0588. The Morgan fingerprint density at radius 3 is 2.58 bits per heavy atom. The number of halogens is 1. The van der Waals surface area contributed by atoms with E-state index in [9.17, 15) is 9.59 Å². The zero-order chi connectivity index (χ0) is 26.3. The predicted octanol–water partition coefficient (Wildman–Crippen LogP) is 7.83. The SMILES string of the molecule is C=C.C=C(CC)C(=O)NCc1cccs1.Cc1nc2c(Cl)c(NC(=O)C34CCC=C(C3)C4)ccc2s1. The van der Waals surface area contributed by atoms with Crippen LogP contribution in [0.2, 0.25) is 5.02 Å². The van der Waals surface area contributed by atoms with Gasteiger partial charge in [0.1, 0.15) is 5.52 Å². The molecule has 2 heterocycles. The normalized spacial score (nSPS) is 14.7. The van der Waals surface area contributed by atoms with E-state index in [1.807, 2.05) is 43.5 Å². The monoisotopic (exact) mass is 541 g/mol. The molecule has 1 fully saturated rings. The Morgan fingerprint density at radius 2 is 1.97 bits per heavy atom. The fourth-order valence-electron chi connectivity index (χ4n) is 4.26. The maximum absolute atomic E-state index is 12.6. The van der Waals surface area contributed by atoms with Crippen molar-refractivity contribution in [2.45, 2.75) is 52.5 Å². The molecule has 2 N–H and O–H groups in total. The summed E-state index contributed by atoms with van der Waals surface area (Å²) in [6, 6.07) is 7.83.